The van der Waals surface area contributed by atoms with Crippen LogP contribution in [0.5, 0.6) is 0 Å². The Kier molecular flexibility index (Phi) is 5.87. The number of fused-ring (bicyclic) bond motifs is 1. The molecular weight excluding hydrogens is 467 g/mol. The molecule has 1 aromatic heterocycles. The van der Waals surface area contributed by atoms with E-state index in [0.29, 0.717) is 22.5 Å². The lowest BCUT2D eigenvalue weighted by Gasteiger charge is -2.34. The summed E-state index contributed by atoms with van der Waals surface area (Å²) in [6, 6.07) is 11.3. The number of amides is 1. The van der Waals surface area contributed by atoms with E-state index >= 15 is 0 Å². The molecule has 1 aliphatic heterocycles. The largest absolute Gasteiger partial charge is 0.417 e. The fourth-order valence-electron chi connectivity index (χ4n) is 3.62. The summed E-state index contributed by atoms with van der Waals surface area (Å²) in [4.78, 5) is 18.3. The normalized spacial score (nSPS) is 15.8. The molecule has 1 aliphatic rings. The lowest BCUT2D eigenvalue weighted by molar-refractivity contribution is -0.137. The zero-order valence-corrected chi connectivity index (χ0v) is 18.1. The number of hydrogen-bond acceptors (Lipinski definition) is 4. The minimum absolute atomic E-state index is 0.0406. The Balaban J connectivity index is 1.53. The van der Waals surface area contributed by atoms with Crippen LogP contribution in [0.4, 0.5) is 13.2 Å². The molecule has 1 fully saturated rings. The molecule has 0 N–H and O–H groups in total. The molecule has 0 aliphatic carbocycles. The monoisotopic (exact) mass is 483 g/mol. The zero-order chi connectivity index (χ0) is 23.1. The van der Waals surface area contributed by atoms with Crippen molar-refractivity contribution in [1.82, 2.24) is 14.2 Å². The Morgan fingerprint density at radius 2 is 1.69 bits per heavy atom. The van der Waals surface area contributed by atoms with Gasteiger partial charge in [-0.2, -0.15) is 17.5 Å². The molecule has 168 valence electrons. The van der Waals surface area contributed by atoms with Crippen molar-refractivity contribution in [3.05, 3.63) is 70.9 Å². The summed E-state index contributed by atoms with van der Waals surface area (Å²) in [5.41, 5.74) is -0.0826. The molecule has 0 atom stereocenters. The quantitative estimate of drug-likeness (QED) is 0.563. The van der Waals surface area contributed by atoms with Gasteiger partial charge < -0.3 is 4.90 Å². The summed E-state index contributed by atoms with van der Waals surface area (Å²) >= 11 is 5.59. The highest BCUT2D eigenvalue weighted by Gasteiger charge is 2.36. The number of alkyl halides is 3. The first-order chi connectivity index (χ1) is 15.1. The van der Waals surface area contributed by atoms with Crippen LogP contribution < -0.4 is 0 Å². The summed E-state index contributed by atoms with van der Waals surface area (Å²) in [6.45, 7) is 0.130. The van der Waals surface area contributed by atoms with Gasteiger partial charge in [0.05, 0.1) is 26.6 Å². The smallest absolute Gasteiger partial charge is 0.336 e. The number of piperazine rings is 1. The van der Waals surface area contributed by atoms with E-state index in [1.165, 1.54) is 11.1 Å². The molecule has 32 heavy (non-hydrogen) atoms. The van der Waals surface area contributed by atoms with Gasteiger partial charge in [0.1, 0.15) is 0 Å². The number of rotatable bonds is 3. The van der Waals surface area contributed by atoms with Crippen LogP contribution in [0.1, 0.15) is 15.9 Å². The van der Waals surface area contributed by atoms with E-state index in [1.54, 1.807) is 24.3 Å². The second-order valence-corrected chi connectivity index (χ2v) is 9.56. The Labute approximate surface area is 187 Å². The molecule has 3 aromatic rings. The van der Waals surface area contributed by atoms with E-state index < -0.39 is 31.7 Å². The predicted molar refractivity (Wildman–Crippen MR) is 113 cm³/mol. The van der Waals surface area contributed by atoms with Crippen molar-refractivity contribution in [3.63, 3.8) is 0 Å². The number of carbonyl (C=O) groups is 1. The van der Waals surface area contributed by atoms with E-state index in [0.717, 1.165) is 16.4 Å². The third-order valence-electron chi connectivity index (χ3n) is 5.29. The zero-order valence-electron chi connectivity index (χ0n) is 16.5. The fraction of sp³-hybridized carbons (Fsp3) is 0.238. The van der Waals surface area contributed by atoms with Crippen molar-refractivity contribution in [2.75, 3.05) is 26.2 Å². The molecule has 1 saturated heterocycles. The minimum Gasteiger partial charge on any atom is -0.336 e. The summed E-state index contributed by atoms with van der Waals surface area (Å²) < 4.78 is 66.3. The number of aromatic nitrogens is 1. The molecule has 0 unspecified atom stereocenters. The van der Waals surface area contributed by atoms with Crippen LogP contribution in [0, 0.1) is 0 Å². The first kappa shape index (κ1) is 22.5. The van der Waals surface area contributed by atoms with Gasteiger partial charge >= 0.3 is 6.18 Å². The highest BCUT2D eigenvalue weighted by atomic mass is 35.5. The molecule has 6 nitrogen and oxygen atoms in total. The van der Waals surface area contributed by atoms with E-state index in [9.17, 15) is 26.4 Å². The molecule has 0 radical (unpaired) electrons. The second kappa shape index (κ2) is 8.34. The van der Waals surface area contributed by atoms with Gasteiger partial charge in [-0.1, -0.05) is 29.8 Å². The van der Waals surface area contributed by atoms with Gasteiger partial charge in [-0.05, 0) is 30.3 Å². The first-order valence-electron chi connectivity index (χ1n) is 9.59. The average Bonchev–Trinajstić information content (AvgIpc) is 2.77. The van der Waals surface area contributed by atoms with Crippen molar-refractivity contribution >= 4 is 38.4 Å². The van der Waals surface area contributed by atoms with Crippen LogP contribution in [0.25, 0.3) is 10.9 Å². The Morgan fingerprint density at radius 3 is 2.38 bits per heavy atom. The van der Waals surface area contributed by atoms with E-state index in [2.05, 4.69) is 4.98 Å². The standard InChI is InChI=1S/C21H17ClF3N3O3S/c22-18-6-5-14(13-17(18)21(23,24)25)32(30,31)28-11-9-27(10-12-28)20(29)16-7-8-26-19-4-2-1-3-15(16)19/h1-8,13H,9-12H2. The van der Waals surface area contributed by atoms with Gasteiger partial charge in [-0.15, -0.1) is 0 Å². The number of halogens is 4. The minimum atomic E-state index is -4.78. The third-order valence-corrected chi connectivity index (χ3v) is 7.51. The molecule has 1 amide bonds. The fourth-order valence-corrected chi connectivity index (χ4v) is 5.29. The highest BCUT2D eigenvalue weighted by Crippen LogP contribution is 2.36. The maximum Gasteiger partial charge on any atom is 0.417 e. The van der Waals surface area contributed by atoms with Crippen molar-refractivity contribution in [2.24, 2.45) is 0 Å². The van der Waals surface area contributed by atoms with Gasteiger partial charge in [0.2, 0.25) is 10.0 Å². The van der Waals surface area contributed by atoms with Gasteiger partial charge in [-0.25, -0.2) is 8.42 Å². The van der Waals surface area contributed by atoms with Crippen LogP contribution in [-0.2, 0) is 16.2 Å². The van der Waals surface area contributed by atoms with Crippen molar-refractivity contribution in [3.8, 4) is 0 Å². The summed E-state index contributed by atoms with van der Waals surface area (Å²) in [7, 11) is -4.18. The highest BCUT2D eigenvalue weighted by molar-refractivity contribution is 7.89. The van der Waals surface area contributed by atoms with E-state index in [4.69, 9.17) is 11.6 Å². The Hall–Kier alpha value is -2.69. The Bertz CT molecular complexity index is 1280. The van der Waals surface area contributed by atoms with E-state index in [1.807, 2.05) is 6.07 Å². The van der Waals surface area contributed by atoms with Gasteiger partial charge in [0, 0.05) is 37.8 Å². The SMILES string of the molecule is O=C(c1ccnc2ccccc12)N1CCN(S(=O)(=O)c2ccc(Cl)c(C(F)(F)F)c2)CC1. The number of sulfonamides is 1. The van der Waals surface area contributed by atoms with Crippen LogP contribution in [-0.4, -0.2) is 54.7 Å². The average molecular weight is 484 g/mol. The van der Waals surface area contributed by atoms with E-state index in [-0.39, 0.29) is 32.1 Å². The third kappa shape index (κ3) is 4.17. The molecule has 0 saturated carbocycles. The molecular formula is C21H17ClF3N3O3S. The molecule has 2 heterocycles. The predicted octanol–water partition coefficient (Wildman–Crippen LogP) is 4.05. The van der Waals surface area contributed by atoms with Crippen molar-refractivity contribution in [1.29, 1.82) is 0 Å². The van der Waals surface area contributed by atoms with Crippen molar-refractivity contribution in [2.45, 2.75) is 11.1 Å². The molecule has 2 aromatic carbocycles. The topological polar surface area (TPSA) is 70.6 Å². The summed E-state index contributed by atoms with van der Waals surface area (Å²) in [5, 5.41) is 0.118. The van der Waals surface area contributed by atoms with Gasteiger partial charge in [-0.3, -0.25) is 9.78 Å². The first-order valence-corrected chi connectivity index (χ1v) is 11.4. The molecule has 11 heteroatoms. The Morgan fingerprint density at radius 1 is 1.00 bits per heavy atom. The number of benzene rings is 2. The summed E-state index contributed by atoms with van der Waals surface area (Å²) in [5.74, 6) is -0.258. The van der Waals surface area contributed by atoms with Gasteiger partial charge in [0.15, 0.2) is 0 Å². The van der Waals surface area contributed by atoms with Crippen LogP contribution in [0.3, 0.4) is 0 Å². The molecule has 4 rings (SSSR count). The van der Waals surface area contributed by atoms with Crippen LogP contribution in [0.15, 0.2) is 59.6 Å². The number of hydrogen-bond donors (Lipinski definition) is 0. The van der Waals surface area contributed by atoms with Gasteiger partial charge in [0.25, 0.3) is 5.91 Å². The molecule has 0 spiro atoms. The van der Waals surface area contributed by atoms with Crippen molar-refractivity contribution < 1.29 is 26.4 Å². The lowest BCUT2D eigenvalue weighted by Crippen LogP contribution is -2.50. The van der Waals surface area contributed by atoms with Crippen LogP contribution in [0.2, 0.25) is 5.02 Å². The number of pyridine rings is 1. The molecule has 0 bridgehead atoms. The lowest BCUT2D eigenvalue weighted by atomic mass is 10.1. The maximum absolute atomic E-state index is 13.1. The summed E-state index contributed by atoms with van der Waals surface area (Å²) in [6.07, 6.45) is -3.24. The van der Waals surface area contributed by atoms with Crippen LogP contribution >= 0.6 is 11.6 Å². The number of para-hydroxylation sites is 1. The number of nitrogens with zero attached hydrogens (tertiary/aromatic N) is 3. The second-order valence-electron chi connectivity index (χ2n) is 7.21. The maximum atomic E-state index is 13.1. The number of carbonyl (C=O) groups excluding carboxylic acids is 1.